The van der Waals surface area contributed by atoms with Crippen LogP contribution in [-0.2, 0) is 7.05 Å². The molecule has 0 spiro atoms. The molecule has 8 nitrogen and oxygen atoms in total. The van der Waals surface area contributed by atoms with Gasteiger partial charge in [0.15, 0.2) is 11.6 Å². The lowest BCUT2D eigenvalue weighted by molar-refractivity contribution is 0.0702. The van der Waals surface area contributed by atoms with E-state index in [0.29, 0.717) is 17.3 Å². The fourth-order valence-electron chi connectivity index (χ4n) is 4.29. The number of primary amides is 1. The highest BCUT2D eigenvalue weighted by molar-refractivity contribution is 5.93. The van der Waals surface area contributed by atoms with Crippen molar-refractivity contribution in [2.24, 2.45) is 12.8 Å². The Labute approximate surface area is 174 Å². The molecule has 0 aliphatic heterocycles. The molecular formula is C22H26N6O2. The number of aliphatic hydroxyl groups is 1. The molecule has 2 heterocycles. The third-order valence-corrected chi connectivity index (χ3v) is 6.19. The number of rotatable bonds is 5. The first-order chi connectivity index (χ1) is 14.5. The van der Waals surface area contributed by atoms with Gasteiger partial charge in [-0.05, 0) is 43.9 Å². The van der Waals surface area contributed by atoms with Crippen LogP contribution >= 0.6 is 0 Å². The molecule has 0 saturated heterocycles. The van der Waals surface area contributed by atoms with Gasteiger partial charge in [-0.2, -0.15) is 10.2 Å². The van der Waals surface area contributed by atoms with Crippen molar-refractivity contribution in [3.8, 4) is 22.9 Å². The minimum atomic E-state index is -0.464. The third-order valence-electron chi connectivity index (χ3n) is 6.19. The number of nitrogens with zero attached hydrogens (tertiary/aromatic N) is 5. The molecule has 1 aromatic carbocycles. The van der Waals surface area contributed by atoms with Gasteiger partial charge in [-0.25, -0.2) is 9.67 Å². The molecule has 1 amide bonds. The fraction of sp³-hybridized carbons (Fsp3) is 0.455. The summed E-state index contributed by atoms with van der Waals surface area (Å²) in [5.41, 5.74) is 8.60. The molecule has 0 bridgehead atoms. The Hall–Kier alpha value is -3.00. The Morgan fingerprint density at radius 1 is 1.10 bits per heavy atom. The zero-order valence-corrected chi connectivity index (χ0v) is 17.0. The molecule has 156 valence electrons. The lowest BCUT2D eigenvalue weighted by Crippen LogP contribution is -2.29. The summed E-state index contributed by atoms with van der Waals surface area (Å²) in [5, 5.41) is 20.2. The Bertz CT molecular complexity index is 1080. The summed E-state index contributed by atoms with van der Waals surface area (Å²) in [7, 11) is 1.93. The lowest BCUT2D eigenvalue weighted by Gasteiger charge is -2.28. The normalized spacial score (nSPS) is 21.7. The highest BCUT2D eigenvalue weighted by Crippen LogP contribution is 2.41. The number of aromatic nitrogens is 5. The van der Waals surface area contributed by atoms with Gasteiger partial charge in [0.25, 0.3) is 0 Å². The molecule has 8 heteroatoms. The summed E-state index contributed by atoms with van der Waals surface area (Å²) >= 11 is 0. The van der Waals surface area contributed by atoms with Crippen molar-refractivity contribution < 1.29 is 9.90 Å². The molecule has 2 atom stereocenters. The topological polar surface area (TPSA) is 112 Å². The maximum atomic E-state index is 11.4. The fourth-order valence-corrected chi connectivity index (χ4v) is 4.29. The Morgan fingerprint density at radius 2 is 1.83 bits per heavy atom. The molecular weight excluding hydrogens is 380 g/mol. The molecule has 2 aliphatic carbocycles. The van der Waals surface area contributed by atoms with Crippen molar-refractivity contribution in [2.75, 3.05) is 0 Å². The van der Waals surface area contributed by atoms with Crippen LogP contribution < -0.4 is 5.73 Å². The number of benzene rings is 1. The number of nitrogens with two attached hydrogens (primary N) is 1. The lowest BCUT2D eigenvalue weighted by atomic mass is 9.92. The molecule has 5 rings (SSSR count). The van der Waals surface area contributed by atoms with Crippen LogP contribution in [0.5, 0.6) is 0 Å². The second-order valence-electron chi connectivity index (χ2n) is 8.42. The van der Waals surface area contributed by atoms with Gasteiger partial charge in [-0.15, -0.1) is 0 Å². The summed E-state index contributed by atoms with van der Waals surface area (Å²) in [4.78, 5) is 16.2. The van der Waals surface area contributed by atoms with E-state index in [0.717, 1.165) is 48.5 Å². The summed E-state index contributed by atoms with van der Waals surface area (Å²) in [5.74, 6) is 1.36. The predicted molar refractivity (Wildman–Crippen MR) is 112 cm³/mol. The number of aliphatic hydroxyl groups excluding tert-OH is 1. The minimum Gasteiger partial charge on any atom is -0.391 e. The van der Waals surface area contributed by atoms with Gasteiger partial charge in [-0.1, -0.05) is 25.0 Å². The van der Waals surface area contributed by atoms with Crippen LogP contribution in [0.4, 0.5) is 0 Å². The van der Waals surface area contributed by atoms with Crippen LogP contribution in [0.2, 0.25) is 0 Å². The van der Waals surface area contributed by atoms with Crippen molar-refractivity contribution in [1.82, 2.24) is 24.5 Å². The number of aryl methyl sites for hydroxylation is 1. The largest absolute Gasteiger partial charge is 0.391 e. The van der Waals surface area contributed by atoms with Gasteiger partial charge in [-0.3, -0.25) is 9.48 Å². The first-order valence-corrected chi connectivity index (χ1v) is 10.6. The summed E-state index contributed by atoms with van der Waals surface area (Å²) in [6, 6.07) is 8.97. The van der Waals surface area contributed by atoms with Gasteiger partial charge >= 0.3 is 0 Å². The van der Waals surface area contributed by atoms with Crippen LogP contribution in [0.3, 0.4) is 0 Å². The van der Waals surface area contributed by atoms with E-state index < -0.39 is 12.0 Å². The van der Waals surface area contributed by atoms with E-state index in [4.69, 9.17) is 15.8 Å². The van der Waals surface area contributed by atoms with Crippen molar-refractivity contribution in [3.05, 3.63) is 41.6 Å². The molecule has 2 aromatic heterocycles. The highest BCUT2D eigenvalue weighted by Gasteiger charge is 2.32. The minimum absolute atomic E-state index is 0.112. The zero-order valence-electron chi connectivity index (χ0n) is 17.0. The van der Waals surface area contributed by atoms with Gasteiger partial charge in [0.05, 0.1) is 17.8 Å². The number of carbonyl (C=O) groups excluding carboxylic acids is 1. The Kier molecular flexibility index (Phi) is 4.66. The Morgan fingerprint density at radius 3 is 2.50 bits per heavy atom. The van der Waals surface area contributed by atoms with E-state index in [9.17, 15) is 9.90 Å². The maximum Gasteiger partial charge on any atom is 0.248 e. The first-order valence-electron chi connectivity index (χ1n) is 10.6. The van der Waals surface area contributed by atoms with Crippen molar-refractivity contribution in [3.63, 3.8) is 0 Å². The summed E-state index contributed by atoms with van der Waals surface area (Å²) in [6.07, 6.45) is 5.64. The van der Waals surface area contributed by atoms with Gasteiger partial charge in [0.2, 0.25) is 5.91 Å². The van der Waals surface area contributed by atoms with Gasteiger partial charge in [0.1, 0.15) is 5.69 Å². The molecule has 0 unspecified atom stereocenters. The van der Waals surface area contributed by atoms with E-state index in [1.165, 1.54) is 12.8 Å². The number of amides is 1. The Balaban J connectivity index is 1.59. The smallest absolute Gasteiger partial charge is 0.248 e. The average Bonchev–Trinajstić information content (AvgIpc) is 3.39. The molecule has 3 aromatic rings. The van der Waals surface area contributed by atoms with E-state index in [1.807, 2.05) is 16.4 Å². The van der Waals surface area contributed by atoms with Crippen LogP contribution in [0.1, 0.15) is 66.5 Å². The molecule has 2 saturated carbocycles. The second-order valence-corrected chi connectivity index (χ2v) is 8.42. The summed E-state index contributed by atoms with van der Waals surface area (Å²) < 4.78 is 3.75. The van der Waals surface area contributed by atoms with Crippen LogP contribution in [0.25, 0.3) is 22.9 Å². The van der Waals surface area contributed by atoms with E-state index in [1.54, 1.807) is 24.3 Å². The van der Waals surface area contributed by atoms with Crippen molar-refractivity contribution in [2.45, 2.75) is 56.6 Å². The SMILES string of the molecule is Cn1nc(C2CC2)cc1-c1nc(-c2ccc(C(N)=O)cc2)nn1[C@@H]1CCCC[C@H]1O. The maximum absolute atomic E-state index is 11.4. The molecule has 30 heavy (non-hydrogen) atoms. The number of carbonyl (C=O) groups is 1. The van der Waals surface area contributed by atoms with Crippen LogP contribution in [0.15, 0.2) is 30.3 Å². The van der Waals surface area contributed by atoms with Crippen LogP contribution in [-0.4, -0.2) is 41.7 Å². The molecule has 2 fully saturated rings. The number of hydrogen-bond donors (Lipinski definition) is 2. The van der Waals surface area contributed by atoms with E-state index in [2.05, 4.69) is 11.2 Å². The molecule has 0 radical (unpaired) electrons. The van der Waals surface area contributed by atoms with Crippen molar-refractivity contribution in [1.29, 1.82) is 0 Å². The van der Waals surface area contributed by atoms with Gasteiger partial charge < -0.3 is 10.8 Å². The monoisotopic (exact) mass is 406 g/mol. The summed E-state index contributed by atoms with van der Waals surface area (Å²) in [6.45, 7) is 0. The zero-order chi connectivity index (χ0) is 20.8. The number of hydrogen-bond acceptors (Lipinski definition) is 5. The van der Waals surface area contributed by atoms with E-state index >= 15 is 0 Å². The standard InChI is InChI=1S/C22H26N6O2/c1-27-18(12-16(25-27)13-6-7-13)22-24-21(15-10-8-14(9-11-15)20(23)30)26-28(22)17-4-2-3-5-19(17)29/h8-13,17,19,29H,2-7H2,1H3,(H2,23,30)/t17-,19-/m1/s1. The average molecular weight is 406 g/mol. The third kappa shape index (κ3) is 3.41. The van der Waals surface area contributed by atoms with Crippen LogP contribution in [0, 0.1) is 0 Å². The predicted octanol–water partition coefficient (Wildman–Crippen LogP) is 2.80. The van der Waals surface area contributed by atoms with Gasteiger partial charge in [0, 0.05) is 24.1 Å². The quantitative estimate of drug-likeness (QED) is 0.677. The van der Waals surface area contributed by atoms with Crippen molar-refractivity contribution >= 4 is 5.91 Å². The molecule has 2 aliphatic rings. The second kappa shape index (κ2) is 7.36. The van der Waals surface area contributed by atoms with E-state index in [-0.39, 0.29) is 6.04 Å². The first kappa shape index (κ1) is 19.0. The molecule has 3 N–H and O–H groups in total. The highest BCUT2D eigenvalue weighted by atomic mass is 16.3.